The van der Waals surface area contributed by atoms with Gasteiger partial charge in [-0.1, -0.05) is 19.1 Å². The molecule has 0 bridgehead atoms. The van der Waals surface area contributed by atoms with Gasteiger partial charge < -0.3 is 15.0 Å². The van der Waals surface area contributed by atoms with Crippen molar-refractivity contribution in [3.8, 4) is 11.4 Å². The standard InChI is InChI=1S/C13H16N4O2/c1-3-11(13(18)19)15-10-6-4-5-9(7-10)12-16-14-8-17(12)2/h4-8,11,15H,3H2,1-2H3,(H,18,19). The molecule has 0 amide bonds. The minimum absolute atomic E-state index is 0.517. The van der Waals surface area contributed by atoms with E-state index in [0.29, 0.717) is 6.42 Å². The van der Waals surface area contributed by atoms with Gasteiger partial charge in [0.25, 0.3) is 0 Å². The minimum atomic E-state index is -0.855. The largest absolute Gasteiger partial charge is 0.480 e. The predicted molar refractivity (Wildman–Crippen MR) is 71.8 cm³/mol. The van der Waals surface area contributed by atoms with Crippen LogP contribution in [0, 0.1) is 0 Å². The third kappa shape index (κ3) is 2.90. The number of aliphatic carboxylic acids is 1. The average Bonchev–Trinajstić information content (AvgIpc) is 2.82. The fraction of sp³-hybridized carbons (Fsp3) is 0.308. The molecule has 2 aromatic rings. The lowest BCUT2D eigenvalue weighted by molar-refractivity contribution is -0.137. The second-order valence-corrected chi connectivity index (χ2v) is 4.29. The molecule has 2 N–H and O–H groups in total. The van der Waals surface area contributed by atoms with Crippen molar-refractivity contribution in [1.29, 1.82) is 0 Å². The second kappa shape index (κ2) is 5.51. The van der Waals surface area contributed by atoms with Crippen molar-refractivity contribution >= 4 is 11.7 Å². The molecule has 19 heavy (non-hydrogen) atoms. The lowest BCUT2D eigenvalue weighted by atomic mass is 10.1. The first-order valence-electron chi connectivity index (χ1n) is 6.05. The molecule has 1 aromatic heterocycles. The number of hydrogen-bond donors (Lipinski definition) is 2. The Morgan fingerprint density at radius 1 is 1.53 bits per heavy atom. The number of carboxylic acid groups (broad SMARTS) is 1. The number of anilines is 1. The molecule has 1 heterocycles. The normalized spacial score (nSPS) is 12.1. The Balaban J connectivity index is 2.25. The van der Waals surface area contributed by atoms with Crippen LogP contribution in [0.5, 0.6) is 0 Å². The van der Waals surface area contributed by atoms with Crippen molar-refractivity contribution in [1.82, 2.24) is 14.8 Å². The summed E-state index contributed by atoms with van der Waals surface area (Å²) in [6, 6.07) is 6.90. The third-order valence-corrected chi connectivity index (χ3v) is 2.88. The van der Waals surface area contributed by atoms with Crippen LogP contribution >= 0.6 is 0 Å². The summed E-state index contributed by atoms with van der Waals surface area (Å²) in [7, 11) is 1.86. The summed E-state index contributed by atoms with van der Waals surface area (Å²) in [6.07, 6.45) is 2.14. The van der Waals surface area contributed by atoms with Gasteiger partial charge in [0, 0.05) is 18.3 Å². The van der Waals surface area contributed by atoms with Gasteiger partial charge in [0.1, 0.15) is 12.4 Å². The molecule has 0 aliphatic rings. The molecule has 1 unspecified atom stereocenters. The van der Waals surface area contributed by atoms with Crippen LogP contribution in [-0.2, 0) is 11.8 Å². The number of hydrogen-bond acceptors (Lipinski definition) is 4. The number of carboxylic acids is 1. The molecular weight excluding hydrogens is 244 g/mol. The van der Waals surface area contributed by atoms with Crippen molar-refractivity contribution in [2.24, 2.45) is 7.05 Å². The summed E-state index contributed by atoms with van der Waals surface area (Å²) < 4.78 is 1.81. The zero-order valence-electron chi connectivity index (χ0n) is 10.9. The number of benzene rings is 1. The smallest absolute Gasteiger partial charge is 0.326 e. The van der Waals surface area contributed by atoms with E-state index < -0.39 is 12.0 Å². The summed E-state index contributed by atoms with van der Waals surface area (Å²) in [5.74, 6) is -0.112. The Labute approximate surface area is 111 Å². The fourth-order valence-corrected chi connectivity index (χ4v) is 1.83. The van der Waals surface area contributed by atoms with Crippen molar-refractivity contribution < 1.29 is 9.90 Å². The molecule has 0 aliphatic carbocycles. The highest BCUT2D eigenvalue weighted by Crippen LogP contribution is 2.20. The summed E-state index contributed by atoms with van der Waals surface area (Å²) in [5, 5.41) is 19.9. The summed E-state index contributed by atoms with van der Waals surface area (Å²) >= 11 is 0. The molecule has 100 valence electrons. The van der Waals surface area contributed by atoms with Gasteiger partial charge >= 0.3 is 5.97 Å². The molecule has 1 atom stereocenters. The molecule has 0 saturated carbocycles. The Bertz CT molecular complexity index is 580. The SMILES string of the molecule is CCC(Nc1cccc(-c2nncn2C)c1)C(=O)O. The Kier molecular flexibility index (Phi) is 3.79. The maximum absolute atomic E-state index is 11.0. The van der Waals surface area contributed by atoms with E-state index in [1.807, 2.05) is 42.8 Å². The third-order valence-electron chi connectivity index (χ3n) is 2.88. The fourth-order valence-electron chi connectivity index (χ4n) is 1.83. The van der Waals surface area contributed by atoms with E-state index in [0.717, 1.165) is 17.1 Å². The molecule has 0 aliphatic heterocycles. The van der Waals surface area contributed by atoms with Crippen LogP contribution in [0.2, 0.25) is 0 Å². The van der Waals surface area contributed by atoms with Crippen LogP contribution < -0.4 is 5.32 Å². The highest BCUT2D eigenvalue weighted by molar-refractivity contribution is 5.77. The minimum Gasteiger partial charge on any atom is -0.480 e. The van der Waals surface area contributed by atoms with E-state index in [2.05, 4.69) is 15.5 Å². The molecule has 2 rings (SSSR count). The number of aryl methyl sites for hydroxylation is 1. The first-order valence-corrected chi connectivity index (χ1v) is 6.05. The molecular formula is C13H16N4O2. The van der Waals surface area contributed by atoms with E-state index in [1.165, 1.54) is 0 Å². The highest BCUT2D eigenvalue weighted by Gasteiger charge is 2.14. The van der Waals surface area contributed by atoms with Gasteiger partial charge in [-0.05, 0) is 18.6 Å². The van der Waals surface area contributed by atoms with E-state index in [-0.39, 0.29) is 0 Å². The number of nitrogens with zero attached hydrogens (tertiary/aromatic N) is 3. The predicted octanol–water partition coefficient (Wildman–Crippen LogP) is 1.76. The summed E-state index contributed by atoms with van der Waals surface area (Å²) in [5.41, 5.74) is 1.65. The van der Waals surface area contributed by atoms with E-state index in [9.17, 15) is 4.79 Å². The van der Waals surface area contributed by atoms with Gasteiger partial charge in [-0.25, -0.2) is 4.79 Å². The van der Waals surface area contributed by atoms with Crippen LogP contribution in [-0.4, -0.2) is 31.9 Å². The van der Waals surface area contributed by atoms with Crippen LogP contribution in [0.4, 0.5) is 5.69 Å². The molecule has 0 fully saturated rings. The Hall–Kier alpha value is -2.37. The second-order valence-electron chi connectivity index (χ2n) is 4.29. The van der Waals surface area contributed by atoms with Crippen LogP contribution in [0.3, 0.4) is 0 Å². The molecule has 6 heteroatoms. The number of rotatable bonds is 5. The quantitative estimate of drug-likeness (QED) is 0.856. The number of aromatic nitrogens is 3. The lowest BCUT2D eigenvalue weighted by Gasteiger charge is -2.14. The topological polar surface area (TPSA) is 80.0 Å². The monoisotopic (exact) mass is 260 g/mol. The average molecular weight is 260 g/mol. The Morgan fingerprint density at radius 3 is 2.89 bits per heavy atom. The van der Waals surface area contributed by atoms with E-state index in [1.54, 1.807) is 6.33 Å². The van der Waals surface area contributed by atoms with Gasteiger partial charge in [-0.2, -0.15) is 0 Å². The highest BCUT2D eigenvalue weighted by atomic mass is 16.4. The van der Waals surface area contributed by atoms with Gasteiger partial charge in [-0.15, -0.1) is 10.2 Å². The molecule has 1 aromatic carbocycles. The van der Waals surface area contributed by atoms with Crippen molar-refractivity contribution in [2.45, 2.75) is 19.4 Å². The molecule has 0 spiro atoms. The Morgan fingerprint density at radius 2 is 2.32 bits per heavy atom. The van der Waals surface area contributed by atoms with E-state index >= 15 is 0 Å². The van der Waals surface area contributed by atoms with Crippen molar-refractivity contribution in [3.63, 3.8) is 0 Å². The lowest BCUT2D eigenvalue weighted by Crippen LogP contribution is -2.28. The maximum atomic E-state index is 11.0. The molecule has 0 saturated heterocycles. The van der Waals surface area contributed by atoms with Gasteiger partial charge in [-0.3, -0.25) is 0 Å². The van der Waals surface area contributed by atoms with Gasteiger partial charge in [0.05, 0.1) is 0 Å². The van der Waals surface area contributed by atoms with Gasteiger partial charge in [0.15, 0.2) is 5.82 Å². The maximum Gasteiger partial charge on any atom is 0.326 e. The van der Waals surface area contributed by atoms with Crippen LogP contribution in [0.1, 0.15) is 13.3 Å². The molecule has 0 radical (unpaired) electrons. The van der Waals surface area contributed by atoms with Crippen LogP contribution in [0.15, 0.2) is 30.6 Å². The van der Waals surface area contributed by atoms with Crippen molar-refractivity contribution in [2.75, 3.05) is 5.32 Å². The summed E-state index contributed by atoms with van der Waals surface area (Å²) in [4.78, 5) is 11.0. The zero-order chi connectivity index (χ0) is 13.8. The van der Waals surface area contributed by atoms with Gasteiger partial charge in [0.2, 0.25) is 0 Å². The zero-order valence-corrected chi connectivity index (χ0v) is 10.9. The van der Waals surface area contributed by atoms with Crippen molar-refractivity contribution in [3.05, 3.63) is 30.6 Å². The first-order chi connectivity index (χ1) is 9.11. The van der Waals surface area contributed by atoms with Crippen LogP contribution in [0.25, 0.3) is 11.4 Å². The summed E-state index contributed by atoms with van der Waals surface area (Å²) in [6.45, 7) is 1.83. The number of nitrogens with one attached hydrogen (secondary N) is 1. The number of carbonyl (C=O) groups is 1. The first kappa shape index (κ1) is 13.1. The van der Waals surface area contributed by atoms with E-state index in [4.69, 9.17) is 5.11 Å². The molecule has 6 nitrogen and oxygen atoms in total.